The second-order valence-corrected chi connectivity index (χ2v) is 5.26. The van der Waals surface area contributed by atoms with Gasteiger partial charge in [0.25, 0.3) is 0 Å². The van der Waals surface area contributed by atoms with Gasteiger partial charge in [-0.2, -0.15) is 0 Å². The van der Waals surface area contributed by atoms with Crippen LogP contribution in [0.2, 0.25) is 0 Å². The lowest BCUT2D eigenvalue weighted by molar-refractivity contribution is 0.152. The summed E-state index contributed by atoms with van der Waals surface area (Å²) in [4.78, 5) is 2.18. The number of aliphatic hydroxyl groups is 1. The number of nitrogens with one attached hydrogen (secondary N) is 1. The third-order valence-corrected chi connectivity index (χ3v) is 3.29. The average Bonchev–Trinajstić information content (AvgIpc) is 2.29. The molecule has 96 valence electrons. The van der Waals surface area contributed by atoms with Crippen LogP contribution in [0.3, 0.4) is 0 Å². The van der Waals surface area contributed by atoms with Gasteiger partial charge in [-0.15, -0.1) is 0 Å². The molecule has 0 bridgehead atoms. The summed E-state index contributed by atoms with van der Waals surface area (Å²) in [5.41, 5.74) is 1.05. The van der Waals surface area contributed by atoms with E-state index < -0.39 is 6.10 Å². The Morgan fingerprint density at radius 1 is 1.24 bits per heavy atom. The van der Waals surface area contributed by atoms with Crippen molar-refractivity contribution in [2.24, 2.45) is 0 Å². The molecule has 3 heteroatoms. The van der Waals surface area contributed by atoms with E-state index in [0.29, 0.717) is 6.54 Å². The predicted octanol–water partition coefficient (Wildman–Crippen LogP) is 1.65. The maximum Gasteiger partial charge on any atom is 0.0914 e. The third-order valence-electron chi connectivity index (χ3n) is 3.29. The van der Waals surface area contributed by atoms with Crippen LogP contribution in [0.25, 0.3) is 0 Å². The molecule has 3 nitrogen and oxygen atoms in total. The molecule has 1 aromatic rings. The molecule has 1 aromatic carbocycles. The van der Waals surface area contributed by atoms with Crippen LogP contribution in [0.1, 0.15) is 25.5 Å². The van der Waals surface area contributed by atoms with Crippen molar-refractivity contribution in [3.05, 3.63) is 35.9 Å². The zero-order valence-electron chi connectivity index (χ0n) is 11.3. The Morgan fingerprint density at radius 2 is 1.82 bits per heavy atom. The average molecular weight is 236 g/mol. The van der Waals surface area contributed by atoms with Crippen molar-refractivity contribution in [3.63, 3.8) is 0 Å². The molecule has 2 N–H and O–H groups in total. The molecular formula is C14H24N2O. The minimum Gasteiger partial charge on any atom is -0.387 e. The monoisotopic (exact) mass is 236 g/mol. The van der Waals surface area contributed by atoms with Gasteiger partial charge in [0, 0.05) is 18.6 Å². The van der Waals surface area contributed by atoms with Gasteiger partial charge in [0.05, 0.1) is 6.10 Å². The number of nitrogens with zero attached hydrogens (tertiary/aromatic N) is 1. The molecule has 0 aromatic heterocycles. The molecule has 0 spiro atoms. The summed E-state index contributed by atoms with van der Waals surface area (Å²) in [7, 11) is 4.13. The fraction of sp³-hybridized carbons (Fsp3) is 0.571. The summed E-state index contributed by atoms with van der Waals surface area (Å²) < 4.78 is 0. The maximum absolute atomic E-state index is 9.98. The highest BCUT2D eigenvalue weighted by molar-refractivity contribution is 5.17. The van der Waals surface area contributed by atoms with Gasteiger partial charge in [-0.3, -0.25) is 0 Å². The van der Waals surface area contributed by atoms with E-state index in [9.17, 15) is 5.11 Å². The van der Waals surface area contributed by atoms with E-state index in [1.165, 1.54) is 0 Å². The SMILES string of the molecule is CN(C)C(C)(C)CNCC(O)c1ccccc1. The van der Waals surface area contributed by atoms with Crippen LogP contribution in [0.5, 0.6) is 0 Å². The summed E-state index contributed by atoms with van der Waals surface area (Å²) >= 11 is 0. The summed E-state index contributed by atoms with van der Waals surface area (Å²) in [5, 5.41) is 13.3. The largest absolute Gasteiger partial charge is 0.387 e. The fourth-order valence-electron chi connectivity index (χ4n) is 1.47. The third kappa shape index (κ3) is 4.46. The van der Waals surface area contributed by atoms with Crippen molar-refractivity contribution in [2.45, 2.75) is 25.5 Å². The summed E-state index contributed by atoms with van der Waals surface area (Å²) in [5.74, 6) is 0. The Morgan fingerprint density at radius 3 is 2.35 bits per heavy atom. The van der Waals surface area contributed by atoms with Gasteiger partial charge in [-0.25, -0.2) is 0 Å². The molecule has 1 atom stereocenters. The minimum absolute atomic E-state index is 0.0937. The van der Waals surface area contributed by atoms with E-state index in [-0.39, 0.29) is 5.54 Å². The van der Waals surface area contributed by atoms with Gasteiger partial charge in [-0.05, 0) is 33.5 Å². The van der Waals surface area contributed by atoms with Crippen LogP contribution in [-0.2, 0) is 0 Å². The highest BCUT2D eigenvalue weighted by atomic mass is 16.3. The molecule has 0 aliphatic heterocycles. The highest BCUT2D eigenvalue weighted by Crippen LogP contribution is 2.12. The number of rotatable bonds is 6. The van der Waals surface area contributed by atoms with Gasteiger partial charge in [0.15, 0.2) is 0 Å². The van der Waals surface area contributed by atoms with Crippen molar-refractivity contribution in [1.82, 2.24) is 10.2 Å². The lowest BCUT2D eigenvalue weighted by atomic mass is 10.0. The number of benzene rings is 1. The zero-order valence-corrected chi connectivity index (χ0v) is 11.3. The predicted molar refractivity (Wildman–Crippen MR) is 72.0 cm³/mol. The Kier molecular flexibility index (Phi) is 5.12. The molecule has 0 radical (unpaired) electrons. The second-order valence-electron chi connectivity index (χ2n) is 5.26. The van der Waals surface area contributed by atoms with Crippen molar-refractivity contribution < 1.29 is 5.11 Å². The van der Waals surface area contributed by atoms with Crippen molar-refractivity contribution in [3.8, 4) is 0 Å². The molecule has 0 saturated heterocycles. The van der Waals surface area contributed by atoms with E-state index in [4.69, 9.17) is 0 Å². The van der Waals surface area contributed by atoms with Crippen LogP contribution >= 0.6 is 0 Å². The standard InChI is InChI=1S/C14H24N2O/c1-14(2,16(3)4)11-15-10-13(17)12-8-6-5-7-9-12/h5-9,13,15,17H,10-11H2,1-4H3. The summed E-state index contributed by atoms with van der Waals surface area (Å²) in [6, 6.07) is 9.75. The van der Waals surface area contributed by atoms with Crippen LogP contribution in [0.4, 0.5) is 0 Å². The molecule has 0 saturated carbocycles. The fourth-order valence-corrected chi connectivity index (χ4v) is 1.47. The first-order valence-electron chi connectivity index (χ1n) is 6.04. The molecule has 17 heavy (non-hydrogen) atoms. The lowest BCUT2D eigenvalue weighted by Gasteiger charge is -2.33. The number of aliphatic hydroxyl groups excluding tert-OH is 1. The number of hydrogen-bond acceptors (Lipinski definition) is 3. The number of hydrogen-bond donors (Lipinski definition) is 2. The van der Waals surface area contributed by atoms with E-state index in [2.05, 4.69) is 38.2 Å². The molecule has 1 rings (SSSR count). The van der Waals surface area contributed by atoms with E-state index in [1.807, 2.05) is 30.3 Å². The number of likely N-dealkylation sites (N-methyl/N-ethyl adjacent to an activating group) is 1. The molecule has 0 heterocycles. The molecule has 1 unspecified atom stereocenters. The first-order chi connectivity index (χ1) is 7.93. The van der Waals surface area contributed by atoms with Crippen molar-refractivity contribution >= 4 is 0 Å². The Labute approximate surface area is 104 Å². The minimum atomic E-state index is -0.436. The molecule has 0 fully saturated rings. The highest BCUT2D eigenvalue weighted by Gasteiger charge is 2.20. The molecular weight excluding hydrogens is 212 g/mol. The van der Waals surface area contributed by atoms with Gasteiger partial charge in [-0.1, -0.05) is 30.3 Å². The smallest absolute Gasteiger partial charge is 0.0914 e. The molecule has 0 amide bonds. The van der Waals surface area contributed by atoms with E-state index in [1.54, 1.807) is 0 Å². The Balaban J connectivity index is 2.37. The van der Waals surface area contributed by atoms with Crippen molar-refractivity contribution in [1.29, 1.82) is 0 Å². The molecule has 0 aliphatic rings. The Hall–Kier alpha value is -0.900. The molecule has 0 aliphatic carbocycles. The van der Waals surface area contributed by atoms with Crippen molar-refractivity contribution in [2.75, 3.05) is 27.2 Å². The van der Waals surface area contributed by atoms with Crippen LogP contribution in [0.15, 0.2) is 30.3 Å². The normalized spacial score (nSPS) is 14.0. The first kappa shape index (κ1) is 14.2. The topological polar surface area (TPSA) is 35.5 Å². The van der Waals surface area contributed by atoms with E-state index in [0.717, 1.165) is 12.1 Å². The van der Waals surface area contributed by atoms with Gasteiger partial charge in [0.2, 0.25) is 0 Å². The van der Waals surface area contributed by atoms with Gasteiger partial charge in [0.1, 0.15) is 0 Å². The first-order valence-corrected chi connectivity index (χ1v) is 6.04. The van der Waals surface area contributed by atoms with Crippen LogP contribution < -0.4 is 5.32 Å². The quantitative estimate of drug-likeness (QED) is 0.788. The van der Waals surface area contributed by atoms with Crippen LogP contribution in [0, 0.1) is 0 Å². The zero-order chi connectivity index (χ0) is 12.9. The summed E-state index contributed by atoms with van der Waals surface area (Å²) in [6.07, 6.45) is -0.436. The maximum atomic E-state index is 9.98. The van der Waals surface area contributed by atoms with Crippen LogP contribution in [-0.4, -0.2) is 42.7 Å². The van der Waals surface area contributed by atoms with E-state index >= 15 is 0 Å². The summed E-state index contributed by atoms with van der Waals surface area (Å²) in [6.45, 7) is 5.79. The van der Waals surface area contributed by atoms with Gasteiger partial charge >= 0.3 is 0 Å². The Bertz CT molecular complexity index is 322. The van der Waals surface area contributed by atoms with Gasteiger partial charge < -0.3 is 15.3 Å². The second kappa shape index (κ2) is 6.15. The lowest BCUT2D eigenvalue weighted by Crippen LogP contribution is -2.47.